The number of nitrogens with zero attached hydrogens (tertiary/aromatic N) is 4. The van der Waals surface area contributed by atoms with E-state index in [0.717, 1.165) is 27.6 Å². The molecule has 3 rings (SSSR count). The largest absolute Gasteiger partial charge is 0.480 e. The molecule has 0 aliphatic rings. The predicted octanol–water partition coefficient (Wildman–Crippen LogP) is 5.35. The van der Waals surface area contributed by atoms with Gasteiger partial charge in [0.15, 0.2) is 4.34 Å². The van der Waals surface area contributed by atoms with E-state index in [2.05, 4.69) is 26.8 Å². The lowest BCUT2D eigenvalue weighted by Crippen LogP contribution is -2.28. The molecule has 0 unspecified atom stereocenters. The van der Waals surface area contributed by atoms with E-state index in [-0.39, 0.29) is 5.82 Å². The Kier molecular flexibility index (Phi) is 8.57. The Morgan fingerprint density at radius 3 is 2.58 bits per heavy atom. The van der Waals surface area contributed by atoms with E-state index in [1.807, 2.05) is 29.9 Å². The molecule has 6 nitrogen and oxygen atoms in total. The van der Waals surface area contributed by atoms with Crippen LogP contribution in [0.3, 0.4) is 0 Å². The lowest BCUT2D eigenvalue weighted by Gasteiger charge is -2.20. The number of carbonyl (C=O) groups is 1. The van der Waals surface area contributed by atoms with Gasteiger partial charge < -0.3 is 10.0 Å². The van der Waals surface area contributed by atoms with E-state index < -0.39 is 10.7 Å². The summed E-state index contributed by atoms with van der Waals surface area (Å²) in [4.78, 5) is 27.1. The third-order valence-electron chi connectivity index (χ3n) is 4.91. The smallest absolute Gasteiger partial charge is 0.319 e. The van der Waals surface area contributed by atoms with Crippen molar-refractivity contribution in [1.82, 2.24) is 15.0 Å². The van der Waals surface area contributed by atoms with Crippen LogP contribution in [0, 0.1) is 5.82 Å². The quantitative estimate of drug-likeness (QED) is 0.366. The second kappa shape index (κ2) is 11.4. The first-order chi connectivity index (χ1) is 15.8. The fraction of sp³-hybridized carbons (Fsp3) is 0.333. The van der Waals surface area contributed by atoms with E-state index in [4.69, 9.17) is 0 Å². The molecule has 0 spiro atoms. The Morgan fingerprint density at radius 1 is 1.24 bits per heavy atom. The molecule has 0 atom stereocenters. The molecule has 2 heterocycles. The standard InChI is InChI=1S/C24H27FN4O2S2/c1-4-17-14-26-22(27-15-17)29(12-5-6-18-7-9-19(25)10-8-18)13-11-20-16-32-23(28-20)33-24(2,3)21(30)31/h5-10,14-16H,4,11-13H2,1-3H3,(H,30,31). The Morgan fingerprint density at radius 2 is 1.94 bits per heavy atom. The van der Waals surface area contributed by atoms with Crippen molar-refractivity contribution in [1.29, 1.82) is 0 Å². The highest BCUT2D eigenvalue weighted by molar-refractivity contribution is 8.02. The van der Waals surface area contributed by atoms with Crippen LogP contribution in [0.25, 0.3) is 6.08 Å². The number of halogens is 1. The van der Waals surface area contributed by atoms with Gasteiger partial charge in [-0.1, -0.05) is 43.0 Å². The van der Waals surface area contributed by atoms with Gasteiger partial charge in [0.1, 0.15) is 10.6 Å². The van der Waals surface area contributed by atoms with Gasteiger partial charge in [-0.3, -0.25) is 4.79 Å². The van der Waals surface area contributed by atoms with Gasteiger partial charge >= 0.3 is 5.97 Å². The first-order valence-corrected chi connectivity index (χ1v) is 12.3. The van der Waals surface area contributed by atoms with E-state index in [1.54, 1.807) is 26.0 Å². The van der Waals surface area contributed by atoms with Crippen molar-refractivity contribution in [3.8, 4) is 0 Å². The molecular weight excluding hydrogens is 459 g/mol. The molecule has 0 radical (unpaired) electrons. The molecule has 2 aromatic heterocycles. The fourth-order valence-electron chi connectivity index (χ4n) is 2.82. The maximum absolute atomic E-state index is 13.1. The van der Waals surface area contributed by atoms with Crippen molar-refractivity contribution in [2.75, 3.05) is 18.0 Å². The summed E-state index contributed by atoms with van der Waals surface area (Å²) in [6.07, 6.45) is 9.17. The number of hydrogen-bond donors (Lipinski definition) is 1. The summed E-state index contributed by atoms with van der Waals surface area (Å²) < 4.78 is 12.9. The van der Waals surface area contributed by atoms with Crippen molar-refractivity contribution in [2.45, 2.75) is 42.7 Å². The van der Waals surface area contributed by atoms with Gasteiger partial charge in [-0.15, -0.1) is 11.3 Å². The molecular formula is C24H27FN4O2S2. The normalized spacial score (nSPS) is 11.8. The molecule has 3 aromatic rings. The summed E-state index contributed by atoms with van der Waals surface area (Å²) >= 11 is 2.71. The Balaban J connectivity index is 1.68. The van der Waals surface area contributed by atoms with Gasteiger partial charge in [0.2, 0.25) is 5.95 Å². The minimum atomic E-state index is -0.929. The fourth-order valence-corrected chi connectivity index (χ4v) is 5.04. The van der Waals surface area contributed by atoms with Crippen LogP contribution in [-0.2, 0) is 17.6 Å². The molecule has 0 saturated carbocycles. The number of aromatic nitrogens is 3. The van der Waals surface area contributed by atoms with Gasteiger partial charge in [0, 0.05) is 37.3 Å². The predicted molar refractivity (Wildman–Crippen MR) is 132 cm³/mol. The highest BCUT2D eigenvalue weighted by Crippen LogP contribution is 2.34. The summed E-state index contributed by atoms with van der Waals surface area (Å²) in [6, 6.07) is 6.34. The zero-order valence-electron chi connectivity index (χ0n) is 18.9. The van der Waals surface area contributed by atoms with Crippen LogP contribution in [-0.4, -0.2) is 43.9 Å². The molecule has 33 heavy (non-hydrogen) atoms. The Bertz CT molecular complexity index is 1080. The van der Waals surface area contributed by atoms with Gasteiger partial charge in [0.05, 0.1) is 5.69 Å². The molecule has 0 bridgehead atoms. The number of benzene rings is 1. The van der Waals surface area contributed by atoms with E-state index >= 15 is 0 Å². The van der Waals surface area contributed by atoms with Gasteiger partial charge in [-0.25, -0.2) is 19.3 Å². The number of aliphatic carboxylic acids is 1. The van der Waals surface area contributed by atoms with Crippen LogP contribution in [0.4, 0.5) is 10.3 Å². The zero-order valence-corrected chi connectivity index (χ0v) is 20.5. The summed E-state index contributed by atoms with van der Waals surface area (Å²) in [7, 11) is 0. The first kappa shape index (κ1) is 24.9. The summed E-state index contributed by atoms with van der Waals surface area (Å²) in [5.74, 6) is -0.491. The average molecular weight is 487 g/mol. The molecule has 9 heteroatoms. The van der Waals surface area contributed by atoms with E-state index in [0.29, 0.717) is 25.5 Å². The number of hydrogen-bond acceptors (Lipinski definition) is 7. The Labute approximate surface area is 201 Å². The molecule has 1 N–H and O–H groups in total. The number of carboxylic acid groups (broad SMARTS) is 1. The van der Waals surface area contributed by atoms with E-state index in [9.17, 15) is 14.3 Å². The number of aryl methyl sites for hydroxylation is 1. The molecule has 0 fully saturated rings. The minimum absolute atomic E-state index is 0.259. The molecule has 0 amide bonds. The molecule has 0 aliphatic heterocycles. The summed E-state index contributed by atoms with van der Waals surface area (Å²) in [5.41, 5.74) is 2.89. The molecule has 0 aliphatic carbocycles. The van der Waals surface area contributed by atoms with Crippen LogP contribution in [0.2, 0.25) is 0 Å². The van der Waals surface area contributed by atoms with Crippen molar-refractivity contribution in [3.63, 3.8) is 0 Å². The summed E-state index contributed by atoms with van der Waals surface area (Å²) in [5, 5.41) is 11.3. The first-order valence-electron chi connectivity index (χ1n) is 10.6. The maximum Gasteiger partial charge on any atom is 0.319 e. The van der Waals surface area contributed by atoms with E-state index in [1.165, 1.54) is 35.2 Å². The lowest BCUT2D eigenvalue weighted by atomic mass is 10.2. The van der Waals surface area contributed by atoms with Crippen LogP contribution < -0.4 is 4.90 Å². The minimum Gasteiger partial charge on any atom is -0.480 e. The highest BCUT2D eigenvalue weighted by Gasteiger charge is 2.29. The number of thioether (sulfide) groups is 1. The number of carboxylic acids is 1. The number of rotatable bonds is 11. The highest BCUT2D eigenvalue weighted by atomic mass is 32.2. The third kappa shape index (κ3) is 7.36. The summed E-state index contributed by atoms with van der Waals surface area (Å²) in [6.45, 7) is 6.64. The van der Waals surface area contributed by atoms with Crippen LogP contribution in [0.5, 0.6) is 0 Å². The van der Waals surface area contributed by atoms with Crippen LogP contribution in [0.15, 0.2) is 52.5 Å². The van der Waals surface area contributed by atoms with Crippen molar-refractivity contribution in [2.24, 2.45) is 0 Å². The lowest BCUT2D eigenvalue weighted by molar-refractivity contribution is -0.138. The maximum atomic E-state index is 13.1. The molecule has 174 valence electrons. The van der Waals surface area contributed by atoms with Crippen molar-refractivity contribution >= 4 is 41.1 Å². The number of anilines is 1. The zero-order chi connectivity index (χ0) is 23.8. The van der Waals surface area contributed by atoms with Gasteiger partial charge in [-0.05, 0) is 43.5 Å². The van der Waals surface area contributed by atoms with Crippen molar-refractivity contribution < 1.29 is 14.3 Å². The van der Waals surface area contributed by atoms with Crippen LogP contribution in [0.1, 0.15) is 37.6 Å². The second-order valence-corrected chi connectivity index (χ2v) is 10.6. The third-order valence-corrected chi connectivity index (χ3v) is 7.09. The molecule has 0 saturated heterocycles. The molecule has 1 aromatic carbocycles. The number of thiazole rings is 1. The van der Waals surface area contributed by atoms with Gasteiger partial charge in [-0.2, -0.15) is 0 Å². The Hall–Kier alpha value is -2.78. The second-order valence-electron chi connectivity index (χ2n) is 7.92. The topological polar surface area (TPSA) is 79.2 Å². The average Bonchev–Trinajstić information content (AvgIpc) is 3.24. The SMILES string of the molecule is CCc1cnc(N(CC=Cc2ccc(F)cc2)CCc2csc(SC(C)(C)C(=O)O)n2)nc1. The van der Waals surface area contributed by atoms with Crippen molar-refractivity contribution in [3.05, 3.63) is 70.8 Å². The monoisotopic (exact) mass is 486 g/mol. The van der Waals surface area contributed by atoms with Gasteiger partial charge in [0.25, 0.3) is 0 Å². The van der Waals surface area contributed by atoms with Crippen LogP contribution >= 0.6 is 23.1 Å².